The molecular weight excluding hydrogens is 271 g/mol. The molecule has 2 rings (SSSR count). The van der Waals surface area contributed by atoms with Crippen molar-refractivity contribution >= 4 is 17.2 Å². The summed E-state index contributed by atoms with van der Waals surface area (Å²) in [4.78, 5) is 0. The smallest absolute Gasteiger partial charge is 0.397 e. The summed E-state index contributed by atoms with van der Waals surface area (Å²) in [5, 5.41) is 6.51. The SMILES string of the molecule is Cc1cc(N)[nH+]nc1-c1ccc(C(F)(F)F)c(N)c1N. The molecule has 0 bridgehead atoms. The largest absolute Gasteiger partial charge is 0.418 e. The zero-order valence-corrected chi connectivity index (χ0v) is 10.5. The van der Waals surface area contributed by atoms with Crippen LogP contribution in [-0.4, -0.2) is 5.10 Å². The predicted octanol–water partition coefficient (Wildman–Crippen LogP) is 1.64. The van der Waals surface area contributed by atoms with Gasteiger partial charge in [0.2, 0.25) is 0 Å². The second-order valence-electron chi connectivity index (χ2n) is 4.34. The van der Waals surface area contributed by atoms with Gasteiger partial charge in [0.25, 0.3) is 5.82 Å². The van der Waals surface area contributed by atoms with Crippen LogP contribution >= 0.6 is 0 Å². The van der Waals surface area contributed by atoms with E-state index in [-0.39, 0.29) is 5.69 Å². The number of nitrogens with zero attached hydrogens (tertiary/aromatic N) is 1. The van der Waals surface area contributed by atoms with Crippen LogP contribution in [0.25, 0.3) is 11.3 Å². The molecular formula is C12H13F3N5+. The van der Waals surface area contributed by atoms with E-state index in [1.807, 2.05) is 0 Å². The van der Waals surface area contributed by atoms with Crippen LogP contribution in [0.3, 0.4) is 0 Å². The van der Waals surface area contributed by atoms with Crippen LogP contribution in [0.15, 0.2) is 18.2 Å². The molecule has 0 saturated carbocycles. The first-order valence-corrected chi connectivity index (χ1v) is 5.62. The zero-order chi connectivity index (χ0) is 15.1. The molecule has 0 atom stereocenters. The molecule has 7 N–H and O–H groups in total. The first-order chi connectivity index (χ1) is 9.21. The lowest BCUT2D eigenvalue weighted by molar-refractivity contribution is -0.437. The van der Waals surface area contributed by atoms with Gasteiger partial charge < -0.3 is 11.5 Å². The van der Waals surface area contributed by atoms with E-state index < -0.39 is 17.4 Å². The number of anilines is 3. The molecule has 20 heavy (non-hydrogen) atoms. The number of H-pyrrole nitrogens is 1. The van der Waals surface area contributed by atoms with E-state index in [0.29, 0.717) is 22.6 Å². The number of hydrogen-bond acceptors (Lipinski definition) is 4. The Balaban J connectivity index is 2.63. The third kappa shape index (κ3) is 2.31. The van der Waals surface area contributed by atoms with Crippen molar-refractivity contribution in [3.8, 4) is 11.3 Å². The molecule has 0 amide bonds. The van der Waals surface area contributed by atoms with Crippen LogP contribution in [0.1, 0.15) is 11.1 Å². The van der Waals surface area contributed by atoms with Crippen LogP contribution in [0.4, 0.5) is 30.4 Å². The van der Waals surface area contributed by atoms with Crippen molar-refractivity contribution in [3.63, 3.8) is 0 Å². The molecule has 0 aliphatic heterocycles. The molecule has 0 radical (unpaired) electrons. The number of rotatable bonds is 1. The summed E-state index contributed by atoms with van der Waals surface area (Å²) in [6.45, 7) is 1.72. The summed E-state index contributed by atoms with van der Waals surface area (Å²) in [6, 6.07) is 3.74. The third-order valence-corrected chi connectivity index (χ3v) is 2.89. The van der Waals surface area contributed by atoms with Gasteiger partial charge in [-0.25, -0.2) is 0 Å². The van der Waals surface area contributed by atoms with Crippen molar-refractivity contribution in [1.29, 1.82) is 0 Å². The normalized spacial score (nSPS) is 11.6. The van der Waals surface area contributed by atoms with Gasteiger partial charge in [0.1, 0.15) is 5.69 Å². The lowest BCUT2D eigenvalue weighted by Gasteiger charge is -2.14. The maximum Gasteiger partial charge on any atom is 0.418 e. The Kier molecular flexibility index (Phi) is 3.16. The van der Waals surface area contributed by atoms with Crippen molar-refractivity contribution < 1.29 is 18.3 Å². The Morgan fingerprint density at radius 1 is 1.10 bits per heavy atom. The summed E-state index contributed by atoms with van der Waals surface area (Å²) in [7, 11) is 0. The van der Waals surface area contributed by atoms with Crippen molar-refractivity contribution in [2.45, 2.75) is 13.1 Å². The molecule has 1 heterocycles. The van der Waals surface area contributed by atoms with Gasteiger partial charge >= 0.3 is 6.18 Å². The molecule has 0 fully saturated rings. The Labute approximate surface area is 112 Å². The number of hydrogen-bond donors (Lipinski definition) is 3. The summed E-state index contributed by atoms with van der Waals surface area (Å²) in [6.07, 6.45) is -4.55. The lowest BCUT2D eigenvalue weighted by Crippen LogP contribution is -2.17. The van der Waals surface area contributed by atoms with E-state index in [0.717, 1.165) is 6.07 Å². The standard InChI is InChI=1S/C12H12F3N5/c1-5-4-8(16)19-20-11(5)6-2-3-7(12(13,14)15)10(18)9(6)17/h2-4H,17-18H2,1H3,(H2,16,19)/p+1. The fourth-order valence-corrected chi connectivity index (χ4v) is 1.91. The van der Waals surface area contributed by atoms with E-state index in [1.54, 1.807) is 13.0 Å². The number of nitrogens with one attached hydrogen (secondary N) is 1. The molecule has 0 unspecified atom stereocenters. The van der Waals surface area contributed by atoms with Crippen LogP contribution in [0.2, 0.25) is 0 Å². The van der Waals surface area contributed by atoms with Gasteiger partial charge in [-0.15, -0.1) is 5.10 Å². The van der Waals surface area contributed by atoms with Crippen molar-refractivity contribution in [2.75, 3.05) is 17.2 Å². The number of aromatic amines is 1. The average Bonchev–Trinajstić information content (AvgIpc) is 2.32. The molecule has 0 aliphatic rings. The molecule has 5 nitrogen and oxygen atoms in total. The van der Waals surface area contributed by atoms with Gasteiger partial charge in [0, 0.05) is 11.6 Å². The Hall–Kier alpha value is -2.51. The van der Waals surface area contributed by atoms with Gasteiger partial charge in [-0.2, -0.15) is 13.2 Å². The van der Waals surface area contributed by atoms with E-state index in [2.05, 4.69) is 10.2 Å². The Morgan fingerprint density at radius 3 is 2.30 bits per heavy atom. The Bertz CT molecular complexity index is 667. The van der Waals surface area contributed by atoms with Crippen LogP contribution in [-0.2, 0) is 6.18 Å². The predicted molar refractivity (Wildman–Crippen MR) is 69.2 cm³/mol. The van der Waals surface area contributed by atoms with Crippen molar-refractivity contribution in [1.82, 2.24) is 5.10 Å². The first-order valence-electron chi connectivity index (χ1n) is 5.62. The second kappa shape index (κ2) is 4.55. The number of alkyl halides is 3. The van der Waals surface area contributed by atoms with Crippen molar-refractivity contribution in [3.05, 3.63) is 29.3 Å². The molecule has 106 valence electrons. The molecule has 0 spiro atoms. The van der Waals surface area contributed by atoms with E-state index >= 15 is 0 Å². The second-order valence-corrected chi connectivity index (χ2v) is 4.34. The molecule has 0 saturated heterocycles. The molecule has 0 aliphatic carbocycles. The Morgan fingerprint density at radius 2 is 1.75 bits per heavy atom. The summed E-state index contributed by atoms with van der Waals surface area (Å²) < 4.78 is 38.2. The average molecular weight is 284 g/mol. The van der Waals surface area contributed by atoms with Crippen molar-refractivity contribution in [2.24, 2.45) is 0 Å². The van der Waals surface area contributed by atoms with Crippen LogP contribution in [0.5, 0.6) is 0 Å². The third-order valence-electron chi connectivity index (χ3n) is 2.89. The topological polar surface area (TPSA) is 105 Å². The minimum Gasteiger partial charge on any atom is -0.397 e. The summed E-state index contributed by atoms with van der Waals surface area (Å²) in [5.41, 5.74) is 16.5. The highest BCUT2D eigenvalue weighted by Crippen LogP contribution is 2.40. The monoisotopic (exact) mass is 284 g/mol. The van der Waals surface area contributed by atoms with Gasteiger partial charge in [-0.1, -0.05) is 5.10 Å². The highest BCUT2D eigenvalue weighted by Gasteiger charge is 2.34. The maximum atomic E-state index is 12.7. The first kappa shape index (κ1) is 13.9. The molecule has 1 aromatic carbocycles. The number of benzene rings is 1. The van der Waals surface area contributed by atoms with Gasteiger partial charge in [0.15, 0.2) is 0 Å². The number of halogens is 3. The van der Waals surface area contributed by atoms with E-state index in [1.165, 1.54) is 6.07 Å². The molecule has 8 heteroatoms. The highest BCUT2D eigenvalue weighted by molar-refractivity contribution is 5.85. The minimum atomic E-state index is -4.55. The fourth-order valence-electron chi connectivity index (χ4n) is 1.91. The number of nitrogens with two attached hydrogens (primary N) is 3. The van der Waals surface area contributed by atoms with Gasteiger partial charge in [-0.05, 0) is 24.6 Å². The van der Waals surface area contributed by atoms with Gasteiger partial charge in [0.05, 0.1) is 16.9 Å². The zero-order valence-electron chi connectivity index (χ0n) is 10.5. The minimum absolute atomic E-state index is 0.159. The summed E-state index contributed by atoms with van der Waals surface area (Å²) >= 11 is 0. The quantitative estimate of drug-likeness (QED) is 0.692. The fraction of sp³-hybridized carbons (Fsp3) is 0.167. The van der Waals surface area contributed by atoms with Crippen LogP contribution in [0, 0.1) is 6.92 Å². The lowest BCUT2D eigenvalue weighted by atomic mass is 10.0. The highest BCUT2D eigenvalue weighted by atomic mass is 19.4. The molecule has 1 aromatic heterocycles. The number of aromatic nitrogens is 2. The van der Waals surface area contributed by atoms with Crippen LogP contribution < -0.4 is 22.3 Å². The number of nitrogen functional groups attached to an aromatic ring is 3. The summed E-state index contributed by atoms with van der Waals surface area (Å²) in [5.74, 6) is 0.338. The molecule has 2 aromatic rings. The maximum absolute atomic E-state index is 12.7. The van der Waals surface area contributed by atoms with E-state index in [9.17, 15) is 13.2 Å². The van der Waals surface area contributed by atoms with E-state index in [4.69, 9.17) is 17.2 Å². The number of aryl methyl sites for hydroxylation is 1. The van der Waals surface area contributed by atoms with Gasteiger partial charge in [-0.3, -0.25) is 5.73 Å².